The van der Waals surface area contributed by atoms with E-state index in [0.717, 1.165) is 11.1 Å². The number of aromatic nitrogens is 1. The van der Waals surface area contributed by atoms with Crippen molar-refractivity contribution in [1.29, 1.82) is 0 Å². The summed E-state index contributed by atoms with van der Waals surface area (Å²) in [5, 5.41) is 5.64. The Morgan fingerprint density at radius 3 is 2.55 bits per heavy atom. The fraction of sp³-hybridized carbons (Fsp3) is 0.174. The lowest BCUT2D eigenvalue weighted by atomic mass is 10.1. The van der Waals surface area contributed by atoms with E-state index in [1.807, 2.05) is 43.3 Å². The van der Waals surface area contributed by atoms with Crippen LogP contribution in [0.15, 0.2) is 73.1 Å². The standard InChI is InChI=1S/C23H23N3O3/c1-16-8-3-6-12-21(16)29-17(2)22(27)26-20-11-5-4-10-19(20)23(28)25-15-18-9-7-13-24-14-18/h3-14,17H,15H2,1-2H3,(H,25,28)(H,26,27). The lowest BCUT2D eigenvalue weighted by Crippen LogP contribution is -2.31. The fourth-order valence-electron chi connectivity index (χ4n) is 2.74. The smallest absolute Gasteiger partial charge is 0.265 e. The van der Waals surface area contributed by atoms with Crippen LogP contribution in [-0.4, -0.2) is 22.9 Å². The molecule has 6 heteroatoms. The number of anilines is 1. The van der Waals surface area contributed by atoms with Crippen molar-refractivity contribution in [3.8, 4) is 5.75 Å². The van der Waals surface area contributed by atoms with Gasteiger partial charge < -0.3 is 15.4 Å². The predicted molar refractivity (Wildman–Crippen MR) is 112 cm³/mol. The largest absolute Gasteiger partial charge is 0.481 e. The van der Waals surface area contributed by atoms with E-state index in [1.165, 1.54) is 0 Å². The second-order valence-electron chi connectivity index (χ2n) is 6.60. The third-order valence-electron chi connectivity index (χ3n) is 4.37. The van der Waals surface area contributed by atoms with E-state index in [1.54, 1.807) is 43.6 Å². The zero-order chi connectivity index (χ0) is 20.6. The highest BCUT2D eigenvalue weighted by atomic mass is 16.5. The quantitative estimate of drug-likeness (QED) is 0.645. The number of ether oxygens (including phenoxy) is 1. The molecule has 0 radical (unpaired) electrons. The first-order valence-corrected chi connectivity index (χ1v) is 9.34. The summed E-state index contributed by atoms with van der Waals surface area (Å²) in [5.41, 5.74) is 2.65. The summed E-state index contributed by atoms with van der Waals surface area (Å²) in [7, 11) is 0. The molecule has 6 nitrogen and oxygen atoms in total. The van der Waals surface area contributed by atoms with Crippen LogP contribution in [0.5, 0.6) is 5.75 Å². The number of amides is 2. The number of pyridine rings is 1. The van der Waals surface area contributed by atoms with Gasteiger partial charge in [0.2, 0.25) is 0 Å². The van der Waals surface area contributed by atoms with Crippen LogP contribution in [-0.2, 0) is 11.3 Å². The molecule has 1 heterocycles. The zero-order valence-electron chi connectivity index (χ0n) is 16.4. The van der Waals surface area contributed by atoms with Crippen LogP contribution in [0.25, 0.3) is 0 Å². The van der Waals surface area contributed by atoms with Crippen molar-refractivity contribution in [3.05, 3.63) is 89.7 Å². The lowest BCUT2D eigenvalue weighted by molar-refractivity contribution is -0.122. The topological polar surface area (TPSA) is 80.3 Å². The monoisotopic (exact) mass is 389 g/mol. The van der Waals surface area contributed by atoms with Gasteiger partial charge in [-0.15, -0.1) is 0 Å². The molecule has 2 N–H and O–H groups in total. The lowest BCUT2D eigenvalue weighted by Gasteiger charge is -2.17. The van der Waals surface area contributed by atoms with Crippen LogP contribution in [0.3, 0.4) is 0 Å². The number of hydrogen-bond acceptors (Lipinski definition) is 4. The van der Waals surface area contributed by atoms with E-state index < -0.39 is 6.10 Å². The molecule has 0 fully saturated rings. The maximum atomic E-state index is 12.6. The summed E-state index contributed by atoms with van der Waals surface area (Å²) < 4.78 is 5.77. The minimum Gasteiger partial charge on any atom is -0.481 e. The van der Waals surface area contributed by atoms with Gasteiger partial charge in [-0.25, -0.2) is 0 Å². The molecule has 148 valence electrons. The number of carbonyl (C=O) groups is 2. The maximum Gasteiger partial charge on any atom is 0.265 e. The van der Waals surface area contributed by atoms with Crippen LogP contribution in [0.4, 0.5) is 5.69 Å². The Balaban J connectivity index is 1.65. The minimum atomic E-state index is -0.720. The Hall–Kier alpha value is -3.67. The Morgan fingerprint density at radius 1 is 1.03 bits per heavy atom. The van der Waals surface area contributed by atoms with E-state index in [9.17, 15) is 9.59 Å². The van der Waals surface area contributed by atoms with E-state index in [2.05, 4.69) is 15.6 Å². The second kappa shape index (κ2) is 9.50. The van der Waals surface area contributed by atoms with Crippen LogP contribution < -0.4 is 15.4 Å². The van der Waals surface area contributed by atoms with Gasteiger partial charge in [-0.05, 0) is 49.2 Å². The number of aryl methyl sites for hydroxylation is 1. The molecule has 0 saturated heterocycles. The highest BCUT2D eigenvalue weighted by Gasteiger charge is 2.19. The Kier molecular flexibility index (Phi) is 6.58. The summed E-state index contributed by atoms with van der Waals surface area (Å²) in [6, 6.07) is 18.1. The number of hydrogen-bond donors (Lipinski definition) is 2. The molecule has 0 aliphatic carbocycles. The molecule has 0 spiro atoms. The Bertz CT molecular complexity index is 989. The zero-order valence-corrected chi connectivity index (χ0v) is 16.4. The minimum absolute atomic E-state index is 0.280. The molecule has 29 heavy (non-hydrogen) atoms. The van der Waals surface area contributed by atoms with Gasteiger partial charge in [-0.3, -0.25) is 14.6 Å². The number of rotatable bonds is 7. The van der Waals surface area contributed by atoms with Gasteiger partial charge >= 0.3 is 0 Å². The van der Waals surface area contributed by atoms with Crippen LogP contribution in [0, 0.1) is 6.92 Å². The van der Waals surface area contributed by atoms with Crippen LogP contribution >= 0.6 is 0 Å². The number of carbonyl (C=O) groups excluding carboxylic acids is 2. The van der Waals surface area contributed by atoms with Gasteiger partial charge in [-0.2, -0.15) is 0 Å². The molecule has 0 bridgehead atoms. The average Bonchev–Trinajstić information content (AvgIpc) is 2.74. The molecule has 3 aromatic rings. The highest BCUT2D eigenvalue weighted by molar-refractivity contribution is 6.04. The van der Waals surface area contributed by atoms with Gasteiger partial charge in [0.15, 0.2) is 6.10 Å². The summed E-state index contributed by atoms with van der Waals surface area (Å²) in [4.78, 5) is 29.2. The summed E-state index contributed by atoms with van der Waals surface area (Å²) in [5.74, 6) is 0.0376. The molecule has 2 aromatic carbocycles. The molecule has 0 saturated carbocycles. The molecular formula is C23H23N3O3. The summed E-state index contributed by atoms with van der Waals surface area (Å²) in [6.45, 7) is 3.94. The van der Waals surface area contributed by atoms with Crippen LogP contribution in [0.2, 0.25) is 0 Å². The van der Waals surface area contributed by atoms with Crippen molar-refractivity contribution in [2.45, 2.75) is 26.5 Å². The van der Waals surface area contributed by atoms with E-state index in [4.69, 9.17) is 4.74 Å². The molecular weight excluding hydrogens is 366 g/mol. The molecule has 1 unspecified atom stereocenters. The second-order valence-corrected chi connectivity index (χ2v) is 6.60. The van der Waals surface area contributed by atoms with E-state index in [-0.39, 0.29) is 11.8 Å². The highest BCUT2D eigenvalue weighted by Crippen LogP contribution is 2.20. The predicted octanol–water partition coefficient (Wildman–Crippen LogP) is 3.73. The van der Waals surface area contributed by atoms with Crippen molar-refractivity contribution in [1.82, 2.24) is 10.3 Å². The Morgan fingerprint density at radius 2 is 1.79 bits per heavy atom. The van der Waals surface area contributed by atoms with E-state index in [0.29, 0.717) is 23.5 Å². The van der Waals surface area contributed by atoms with Crippen molar-refractivity contribution in [2.24, 2.45) is 0 Å². The number of nitrogens with one attached hydrogen (secondary N) is 2. The molecule has 1 atom stereocenters. The van der Waals surface area contributed by atoms with Crippen molar-refractivity contribution in [2.75, 3.05) is 5.32 Å². The van der Waals surface area contributed by atoms with Gasteiger partial charge in [0, 0.05) is 18.9 Å². The number of nitrogens with zero attached hydrogens (tertiary/aromatic N) is 1. The summed E-state index contributed by atoms with van der Waals surface area (Å²) in [6.07, 6.45) is 2.65. The normalized spacial score (nSPS) is 11.4. The van der Waals surface area contributed by atoms with Crippen molar-refractivity contribution >= 4 is 17.5 Å². The van der Waals surface area contributed by atoms with E-state index >= 15 is 0 Å². The van der Waals surface area contributed by atoms with Gasteiger partial charge in [-0.1, -0.05) is 36.4 Å². The molecule has 0 aliphatic heterocycles. The first-order chi connectivity index (χ1) is 14.0. The average molecular weight is 389 g/mol. The first-order valence-electron chi connectivity index (χ1n) is 9.34. The molecule has 1 aromatic heterocycles. The van der Waals surface area contributed by atoms with Gasteiger partial charge in [0.05, 0.1) is 11.3 Å². The Labute approximate surface area is 169 Å². The SMILES string of the molecule is Cc1ccccc1OC(C)C(=O)Nc1ccccc1C(=O)NCc1cccnc1. The number of para-hydroxylation sites is 2. The third kappa shape index (κ3) is 5.42. The van der Waals surface area contributed by atoms with Crippen LogP contribution in [0.1, 0.15) is 28.4 Å². The molecule has 3 rings (SSSR count). The summed E-state index contributed by atoms with van der Waals surface area (Å²) >= 11 is 0. The third-order valence-corrected chi connectivity index (χ3v) is 4.37. The van der Waals surface area contributed by atoms with Gasteiger partial charge in [0.1, 0.15) is 5.75 Å². The van der Waals surface area contributed by atoms with Gasteiger partial charge in [0.25, 0.3) is 11.8 Å². The van der Waals surface area contributed by atoms with Crippen molar-refractivity contribution in [3.63, 3.8) is 0 Å². The maximum absolute atomic E-state index is 12.6. The molecule has 2 amide bonds. The molecule has 0 aliphatic rings. The van der Waals surface area contributed by atoms with Crippen molar-refractivity contribution < 1.29 is 14.3 Å². The number of benzene rings is 2. The first kappa shape index (κ1) is 20.1. The fourth-order valence-corrected chi connectivity index (χ4v) is 2.74.